The summed E-state index contributed by atoms with van der Waals surface area (Å²) in [5, 5.41) is 3.54. The highest BCUT2D eigenvalue weighted by molar-refractivity contribution is 4.90. The average molecular weight is 196 g/mol. The highest BCUT2D eigenvalue weighted by Crippen LogP contribution is 2.31. The van der Waals surface area contributed by atoms with Crippen molar-refractivity contribution in [2.45, 2.75) is 39.2 Å². The van der Waals surface area contributed by atoms with Gasteiger partial charge in [-0.05, 0) is 37.8 Å². The Kier molecular flexibility index (Phi) is 3.45. The molecule has 2 unspecified atom stereocenters. The molecule has 1 aliphatic heterocycles. The van der Waals surface area contributed by atoms with Crippen molar-refractivity contribution >= 4 is 0 Å². The van der Waals surface area contributed by atoms with E-state index in [0.29, 0.717) is 0 Å². The molecular formula is C12H24N2. The molecule has 2 heteroatoms. The first-order valence-corrected chi connectivity index (χ1v) is 6.29. The summed E-state index contributed by atoms with van der Waals surface area (Å²) in [5.74, 6) is 1.93. The molecular weight excluding hydrogens is 172 g/mol. The monoisotopic (exact) mass is 196 g/mol. The van der Waals surface area contributed by atoms with E-state index in [4.69, 9.17) is 0 Å². The Balaban J connectivity index is 1.87. The van der Waals surface area contributed by atoms with Crippen LogP contribution in [0.15, 0.2) is 0 Å². The zero-order valence-corrected chi connectivity index (χ0v) is 9.63. The van der Waals surface area contributed by atoms with Crippen molar-refractivity contribution in [1.82, 2.24) is 10.2 Å². The Morgan fingerprint density at radius 1 is 1.21 bits per heavy atom. The number of rotatable bonds is 5. The van der Waals surface area contributed by atoms with Crippen LogP contribution >= 0.6 is 0 Å². The van der Waals surface area contributed by atoms with E-state index in [2.05, 4.69) is 24.1 Å². The molecule has 0 aromatic rings. The summed E-state index contributed by atoms with van der Waals surface area (Å²) in [6, 6.07) is 0.825. The van der Waals surface area contributed by atoms with Crippen LogP contribution in [-0.4, -0.2) is 37.1 Å². The van der Waals surface area contributed by atoms with Gasteiger partial charge in [0.05, 0.1) is 0 Å². The molecule has 1 aliphatic carbocycles. The Labute approximate surface area is 88.1 Å². The van der Waals surface area contributed by atoms with Crippen LogP contribution in [0.4, 0.5) is 0 Å². The van der Waals surface area contributed by atoms with Crippen LogP contribution in [-0.2, 0) is 0 Å². The van der Waals surface area contributed by atoms with E-state index in [0.717, 1.165) is 17.9 Å². The fraction of sp³-hybridized carbons (Fsp3) is 1.00. The summed E-state index contributed by atoms with van der Waals surface area (Å²) in [7, 11) is 0. The molecule has 0 spiro atoms. The Morgan fingerprint density at radius 3 is 2.57 bits per heavy atom. The van der Waals surface area contributed by atoms with E-state index in [1.807, 2.05) is 0 Å². The molecule has 14 heavy (non-hydrogen) atoms. The lowest BCUT2D eigenvalue weighted by atomic mass is 9.99. The van der Waals surface area contributed by atoms with Crippen LogP contribution in [0.25, 0.3) is 0 Å². The van der Waals surface area contributed by atoms with Gasteiger partial charge in [0.1, 0.15) is 0 Å². The van der Waals surface area contributed by atoms with Crippen LogP contribution in [0.3, 0.4) is 0 Å². The molecule has 2 aliphatic rings. The van der Waals surface area contributed by atoms with Crippen molar-refractivity contribution in [1.29, 1.82) is 0 Å². The highest BCUT2D eigenvalue weighted by Gasteiger charge is 2.33. The zero-order chi connectivity index (χ0) is 9.97. The van der Waals surface area contributed by atoms with E-state index < -0.39 is 0 Å². The summed E-state index contributed by atoms with van der Waals surface area (Å²) in [6.45, 7) is 9.70. The second kappa shape index (κ2) is 4.63. The van der Waals surface area contributed by atoms with Gasteiger partial charge in [-0.15, -0.1) is 0 Å². The summed E-state index contributed by atoms with van der Waals surface area (Å²) in [5.41, 5.74) is 0. The van der Waals surface area contributed by atoms with Crippen molar-refractivity contribution in [3.63, 3.8) is 0 Å². The average Bonchev–Trinajstić information content (AvgIpc) is 2.90. The van der Waals surface area contributed by atoms with Gasteiger partial charge >= 0.3 is 0 Å². The molecule has 1 saturated heterocycles. The summed E-state index contributed by atoms with van der Waals surface area (Å²) >= 11 is 0. The largest absolute Gasteiger partial charge is 0.315 e. The van der Waals surface area contributed by atoms with Crippen molar-refractivity contribution in [2.75, 3.05) is 26.2 Å². The van der Waals surface area contributed by atoms with Gasteiger partial charge < -0.3 is 5.32 Å². The predicted molar refractivity (Wildman–Crippen MR) is 60.4 cm³/mol. The molecule has 0 aromatic carbocycles. The van der Waals surface area contributed by atoms with Gasteiger partial charge in [0.15, 0.2) is 0 Å². The van der Waals surface area contributed by atoms with Crippen LogP contribution in [0.5, 0.6) is 0 Å². The van der Waals surface area contributed by atoms with Crippen molar-refractivity contribution in [3.8, 4) is 0 Å². The predicted octanol–water partition coefficient (Wildman–Crippen LogP) is 1.72. The first kappa shape index (κ1) is 10.4. The van der Waals surface area contributed by atoms with E-state index in [1.54, 1.807) is 0 Å². The van der Waals surface area contributed by atoms with Gasteiger partial charge in [-0.2, -0.15) is 0 Å². The molecule has 1 saturated carbocycles. The van der Waals surface area contributed by atoms with E-state index >= 15 is 0 Å². The summed E-state index contributed by atoms with van der Waals surface area (Å²) in [4.78, 5) is 2.71. The first-order chi connectivity index (χ1) is 6.85. The second-order valence-corrected chi connectivity index (χ2v) is 4.92. The van der Waals surface area contributed by atoms with Gasteiger partial charge in [-0.25, -0.2) is 0 Å². The van der Waals surface area contributed by atoms with E-state index in [1.165, 1.54) is 45.4 Å². The Hall–Kier alpha value is -0.0800. The molecule has 2 rings (SSSR count). The van der Waals surface area contributed by atoms with Crippen molar-refractivity contribution < 1.29 is 0 Å². The first-order valence-electron chi connectivity index (χ1n) is 6.29. The Morgan fingerprint density at radius 2 is 2.00 bits per heavy atom. The van der Waals surface area contributed by atoms with Gasteiger partial charge in [0, 0.05) is 19.1 Å². The lowest BCUT2D eigenvalue weighted by Crippen LogP contribution is -2.41. The quantitative estimate of drug-likeness (QED) is 0.720. The number of hydrogen-bond donors (Lipinski definition) is 1. The fourth-order valence-corrected chi connectivity index (χ4v) is 2.69. The molecule has 2 atom stereocenters. The molecule has 0 bridgehead atoms. The Bertz CT molecular complexity index is 177. The van der Waals surface area contributed by atoms with Crippen molar-refractivity contribution in [2.24, 2.45) is 11.8 Å². The third-order valence-corrected chi connectivity index (χ3v) is 3.89. The minimum atomic E-state index is 0.825. The van der Waals surface area contributed by atoms with E-state index in [9.17, 15) is 0 Å². The van der Waals surface area contributed by atoms with Crippen molar-refractivity contribution in [3.05, 3.63) is 0 Å². The van der Waals surface area contributed by atoms with Crippen LogP contribution < -0.4 is 5.32 Å². The molecule has 1 heterocycles. The highest BCUT2D eigenvalue weighted by atomic mass is 15.2. The molecule has 2 fully saturated rings. The molecule has 0 radical (unpaired) electrons. The fourth-order valence-electron chi connectivity index (χ4n) is 2.69. The maximum Gasteiger partial charge on any atom is 0.0260 e. The molecule has 0 amide bonds. The lowest BCUT2D eigenvalue weighted by molar-refractivity contribution is 0.170. The van der Waals surface area contributed by atoms with Gasteiger partial charge in [-0.3, -0.25) is 4.90 Å². The third kappa shape index (κ3) is 2.29. The van der Waals surface area contributed by atoms with Crippen LogP contribution in [0.2, 0.25) is 0 Å². The maximum absolute atomic E-state index is 3.54. The second-order valence-electron chi connectivity index (χ2n) is 4.92. The third-order valence-electron chi connectivity index (χ3n) is 3.89. The lowest BCUT2D eigenvalue weighted by Gasteiger charge is -2.31. The summed E-state index contributed by atoms with van der Waals surface area (Å²) in [6.07, 6.45) is 4.29. The number of nitrogens with one attached hydrogen (secondary N) is 1. The molecule has 1 N–H and O–H groups in total. The van der Waals surface area contributed by atoms with E-state index in [-0.39, 0.29) is 0 Å². The van der Waals surface area contributed by atoms with Crippen LogP contribution in [0, 0.1) is 11.8 Å². The van der Waals surface area contributed by atoms with Gasteiger partial charge in [0.2, 0.25) is 0 Å². The van der Waals surface area contributed by atoms with Gasteiger partial charge in [-0.1, -0.05) is 20.3 Å². The topological polar surface area (TPSA) is 15.3 Å². The minimum absolute atomic E-state index is 0.825. The SMILES string of the molecule is CCC1CNCC1N(CC)CC1CC1. The maximum atomic E-state index is 3.54. The summed E-state index contributed by atoms with van der Waals surface area (Å²) < 4.78 is 0. The van der Waals surface area contributed by atoms with Gasteiger partial charge in [0.25, 0.3) is 0 Å². The normalized spacial score (nSPS) is 32.8. The molecule has 82 valence electrons. The number of hydrogen-bond acceptors (Lipinski definition) is 2. The number of likely N-dealkylation sites (N-methyl/N-ethyl adjacent to an activating group) is 1. The molecule has 0 aromatic heterocycles. The standard InChI is InChI=1S/C12H24N2/c1-3-11-7-13-8-12(11)14(4-2)9-10-5-6-10/h10-13H,3-9H2,1-2H3. The minimum Gasteiger partial charge on any atom is -0.315 e. The number of nitrogens with zero attached hydrogens (tertiary/aromatic N) is 1. The van der Waals surface area contributed by atoms with Crippen LogP contribution in [0.1, 0.15) is 33.1 Å². The zero-order valence-electron chi connectivity index (χ0n) is 9.63. The smallest absolute Gasteiger partial charge is 0.0260 e. The molecule has 2 nitrogen and oxygen atoms in total.